The van der Waals surface area contributed by atoms with Crippen molar-refractivity contribution in [2.24, 2.45) is 0 Å². The number of ether oxygens (including phenoxy) is 1. The van der Waals surface area contributed by atoms with Crippen LogP contribution < -0.4 is 10.1 Å². The van der Waals surface area contributed by atoms with Crippen LogP contribution in [-0.2, 0) is 6.54 Å². The monoisotopic (exact) mass is 466 g/mol. The summed E-state index contributed by atoms with van der Waals surface area (Å²) in [5.74, 6) is 0.726. The first-order chi connectivity index (χ1) is 16.0. The Kier molecular flexibility index (Phi) is 9.22. The van der Waals surface area contributed by atoms with Gasteiger partial charge in [0.25, 0.3) is 5.91 Å². The highest BCUT2D eigenvalue weighted by atomic mass is 35.5. The molecule has 0 saturated heterocycles. The number of rotatable bonds is 11. The Labute approximate surface area is 201 Å². The summed E-state index contributed by atoms with van der Waals surface area (Å²) in [5, 5.41) is 3.87. The molecule has 0 spiro atoms. The van der Waals surface area contributed by atoms with Gasteiger partial charge in [-0.15, -0.1) is 0 Å². The fraction of sp³-hybridized carbons (Fsp3) is 0.346. The summed E-state index contributed by atoms with van der Waals surface area (Å²) in [6.45, 7) is 5.89. The van der Waals surface area contributed by atoms with Crippen molar-refractivity contribution < 1.29 is 9.53 Å². The van der Waals surface area contributed by atoms with E-state index >= 15 is 0 Å². The first-order valence-electron chi connectivity index (χ1n) is 11.2. The molecule has 0 fully saturated rings. The van der Waals surface area contributed by atoms with Gasteiger partial charge in [-0.05, 0) is 62.3 Å². The highest BCUT2D eigenvalue weighted by molar-refractivity contribution is 6.30. The Morgan fingerprint density at radius 3 is 2.67 bits per heavy atom. The van der Waals surface area contributed by atoms with E-state index in [4.69, 9.17) is 16.3 Å². The normalized spacial score (nSPS) is 11.8. The second kappa shape index (κ2) is 12.3. The summed E-state index contributed by atoms with van der Waals surface area (Å²) in [5.41, 5.74) is 3.31. The lowest BCUT2D eigenvalue weighted by atomic mass is 10.1. The molecule has 1 aromatic heterocycles. The molecule has 2 aromatic carbocycles. The van der Waals surface area contributed by atoms with Crippen molar-refractivity contribution in [2.75, 3.05) is 20.1 Å². The third-order valence-electron chi connectivity index (χ3n) is 5.37. The second-order valence-electron chi connectivity index (χ2n) is 7.95. The molecular formula is C26H31ClN4O2. The van der Waals surface area contributed by atoms with Crippen molar-refractivity contribution in [2.45, 2.75) is 39.3 Å². The Bertz CT molecular complexity index is 1040. The lowest BCUT2D eigenvalue weighted by Gasteiger charge is -2.23. The number of amides is 1. The maximum absolute atomic E-state index is 13.1. The van der Waals surface area contributed by atoms with Crippen molar-refractivity contribution >= 4 is 17.5 Å². The lowest BCUT2D eigenvalue weighted by molar-refractivity contribution is 0.0741. The molecule has 3 rings (SSSR count). The molecule has 0 aliphatic heterocycles. The standard InChI is InChI=1S/C26H31ClN4O2/c1-4-14-31(26(32)24-16-29-18-30-19(24)2)17-20-8-10-23(11-9-20)33-25(12-13-28-3)21-6-5-7-22(27)15-21/h5-11,15-16,18,25,28H,4,12-14,17H2,1-3H3. The SMILES string of the molecule is CCCN(Cc1ccc(OC(CCNC)c2cccc(Cl)c2)cc1)C(=O)c1cncnc1C. The third-order valence-corrected chi connectivity index (χ3v) is 5.61. The summed E-state index contributed by atoms with van der Waals surface area (Å²) in [6.07, 6.45) is 4.62. The van der Waals surface area contributed by atoms with Gasteiger partial charge < -0.3 is 15.0 Å². The van der Waals surface area contributed by atoms with E-state index in [1.165, 1.54) is 6.33 Å². The van der Waals surface area contributed by atoms with Gasteiger partial charge >= 0.3 is 0 Å². The van der Waals surface area contributed by atoms with Crippen LogP contribution in [0.15, 0.2) is 61.1 Å². The molecule has 0 radical (unpaired) electrons. The number of carbonyl (C=O) groups is 1. The number of benzene rings is 2. The maximum Gasteiger partial charge on any atom is 0.257 e. The number of hydrogen-bond acceptors (Lipinski definition) is 5. The van der Waals surface area contributed by atoms with Crippen molar-refractivity contribution in [3.8, 4) is 5.75 Å². The van der Waals surface area contributed by atoms with Crippen molar-refractivity contribution in [1.29, 1.82) is 0 Å². The number of carbonyl (C=O) groups excluding carboxylic acids is 1. The van der Waals surface area contributed by atoms with Gasteiger partial charge in [0, 0.05) is 30.7 Å². The molecule has 0 aliphatic carbocycles. The Morgan fingerprint density at radius 2 is 2.00 bits per heavy atom. The molecule has 1 heterocycles. The molecule has 1 unspecified atom stereocenters. The first kappa shape index (κ1) is 24.7. The van der Waals surface area contributed by atoms with E-state index in [1.54, 1.807) is 6.20 Å². The molecule has 174 valence electrons. The van der Waals surface area contributed by atoms with E-state index in [-0.39, 0.29) is 12.0 Å². The Balaban J connectivity index is 1.72. The van der Waals surface area contributed by atoms with Crippen LogP contribution in [0.5, 0.6) is 5.75 Å². The summed E-state index contributed by atoms with van der Waals surface area (Å²) in [6, 6.07) is 15.7. The van der Waals surface area contributed by atoms with Crippen LogP contribution in [-0.4, -0.2) is 40.9 Å². The lowest BCUT2D eigenvalue weighted by Crippen LogP contribution is -2.32. The minimum atomic E-state index is -0.110. The minimum absolute atomic E-state index is 0.0524. The van der Waals surface area contributed by atoms with Crippen molar-refractivity contribution in [3.05, 3.63) is 88.5 Å². The average Bonchev–Trinajstić information content (AvgIpc) is 2.82. The van der Waals surface area contributed by atoms with Gasteiger partial charge in [0.1, 0.15) is 18.2 Å². The van der Waals surface area contributed by atoms with Crippen LogP contribution in [0.3, 0.4) is 0 Å². The zero-order valence-corrected chi connectivity index (χ0v) is 20.2. The van der Waals surface area contributed by atoms with Crippen LogP contribution in [0.4, 0.5) is 0 Å². The summed E-state index contributed by atoms with van der Waals surface area (Å²) in [7, 11) is 1.93. The minimum Gasteiger partial charge on any atom is -0.486 e. The molecule has 0 aliphatic rings. The van der Waals surface area contributed by atoms with Gasteiger partial charge in [0.2, 0.25) is 0 Å². The van der Waals surface area contributed by atoms with Gasteiger partial charge in [-0.3, -0.25) is 4.79 Å². The van der Waals surface area contributed by atoms with Crippen LogP contribution in [0.2, 0.25) is 5.02 Å². The van der Waals surface area contributed by atoms with Crippen molar-refractivity contribution in [1.82, 2.24) is 20.2 Å². The zero-order chi connectivity index (χ0) is 23.6. The molecule has 1 N–H and O–H groups in total. The fourth-order valence-corrected chi connectivity index (χ4v) is 3.83. The predicted octanol–water partition coefficient (Wildman–Crippen LogP) is 5.22. The maximum atomic E-state index is 13.1. The number of aromatic nitrogens is 2. The van der Waals surface area contributed by atoms with Gasteiger partial charge in [-0.2, -0.15) is 0 Å². The highest BCUT2D eigenvalue weighted by Crippen LogP contribution is 2.27. The molecule has 33 heavy (non-hydrogen) atoms. The zero-order valence-electron chi connectivity index (χ0n) is 19.4. The van der Waals surface area contributed by atoms with Gasteiger partial charge in [0.15, 0.2) is 0 Å². The largest absolute Gasteiger partial charge is 0.486 e. The number of halogens is 1. The van der Waals surface area contributed by atoms with Crippen LogP contribution >= 0.6 is 11.6 Å². The van der Waals surface area contributed by atoms with Gasteiger partial charge in [-0.25, -0.2) is 9.97 Å². The number of nitrogens with zero attached hydrogens (tertiary/aromatic N) is 3. The predicted molar refractivity (Wildman–Crippen MR) is 132 cm³/mol. The molecule has 1 amide bonds. The topological polar surface area (TPSA) is 67.3 Å². The Hall–Kier alpha value is -2.96. The van der Waals surface area contributed by atoms with Crippen molar-refractivity contribution in [3.63, 3.8) is 0 Å². The molecule has 7 heteroatoms. The molecular weight excluding hydrogens is 436 g/mol. The van der Waals surface area contributed by atoms with E-state index in [9.17, 15) is 4.79 Å². The summed E-state index contributed by atoms with van der Waals surface area (Å²) < 4.78 is 6.30. The van der Waals surface area contributed by atoms with Crippen LogP contribution in [0, 0.1) is 6.92 Å². The highest BCUT2D eigenvalue weighted by Gasteiger charge is 2.19. The fourth-order valence-electron chi connectivity index (χ4n) is 3.63. The molecule has 1 atom stereocenters. The quantitative estimate of drug-likeness (QED) is 0.419. The van der Waals surface area contributed by atoms with E-state index in [0.29, 0.717) is 29.4 Å². The number of nitrogens with one attached hydrogen (secondary N) is 1. The molecule has 0 bridgehead atoms. The molecule has 0 saturated carbocycles. The van der Waals surface area contributed by atoms with E-state index in [1.807, 2.05) is 67.4 Å². The Morgan fingerprint density at radius 1 is 1.21 bits per heavy atom. The van der Waals surface area contributed by atoms with E-state index in [2.05, 4.69) is 22.2 Å². The van der Waals surface area contributed by atoms with Crippen LogP contribution in [0.25, 0.3) is 0 Å². The summed E-state index contributed by atoms with van der Waals surface area (Å²) >= 11 is 6.19. The second-order valence-corrected chi connectivity index (χ2v) is 8.38. The number of hydrogen-bond donors (Lipinski definition) is 1. The molecule has 6 nitrogen and oxygen atoms in total. The smallest absolute Gasteiger partial charge is 0.257 e. The first-order valence-corrected chi connectivity index (χ1v) is 11.6. The van der Waals surface area contributed by atoms with Crippen LogP contribution in [0.1, 0.15) is 53.0 Å². The van der Waals surface area contributed by atoms with Gasteiger partial charge in [0.05, 0.1) is 11.3 Å². The van der Waals surface area contributed by atoms with Gasteiger partial charge in [-0.1, -0.05) is 42.8 Å². The molecule has 3 aromatic rings. The summed E-state index contributed by atoms with van der Waals surface area (Å²) in [4.78, 5) is 23.1. The number of aryl methyl sites for hydroxylation is 1. The average molecular weight is 467 g/mol. The third kappa shape index (κ3) is 7.01. The van der Waals surface area contributed by atoms with E-state index < -0.39 is 0 Å². The van der Waals surface area contributed by atoms with E-state index in [0.717, 1.165) is 36.3 Å².